The minimum absolute atomic E-state index is 0.154. The van der Waals surface area contributed by atoms with Gasteiger partial charge in [0, 0.05) is 35.8 Å². The van der Waals surface area contributed by atoms with Crippen molar-refractivity contribution in [3.8, 4) is 0 Å². The smallest absolute Gasteiger partial charge is 0.251 e. The molecule has 0 saturated heterocycles. The Bertz CT molecular complexity index is 1110. The maximum atomic E-state index is 12.3. The minimum Gasteiger partial charge on any atom is -0.352 e. The highest BCUT2D eigenvalue weighted by atomic mass is 35.5. The summed E-state index contributed by atoms with van der Waals surface area (Å²) in [5.41, 5.74) is 1.11. The van der Waals surface area contributed by atoms with E-state index in [2.05, 4.69) is 20.8 Å². The Kier molecular flexibility index (Phi) is 8.81. The minimum atomic E-state index is -0.250. The van der Waals surface area contributed by atoms with Gasteiger partial charge in [-0.25, -0.2) is 0 Å². The molecular weight excluding hydrogens is 493 g/mol. The van der Waals surface area contributed by atoms with E-state index < -0.39 is 0 Å². The number of amides is 2. The largest absolute Gasteiger partial charge is 0.352 e. The summed E-state index contributed by atoms with van der Waals surface area (Å²) in [4.78, 5) is 24.5. The lowest BCUT2D eigenvalue weighted by atomic mass is 10.2. The number of halogens is 3. The van der Waals surface area contributed by atoms with Gasteiger partial charge in [-0.05, 0) is 49.4 Å². The number of hydrogen-bond donors (Lipinski definition) is 2. The van der Waals surface area contributed by atoms with Crippen molar-refractivity contribution < 1.29 is 9.59 Å². The summed E-state index contributed by atoms with van der Waals surface area (Å²) in [5, 5.41) is 16.0. The van der Waals surface area contributed by atoms with Crippen molar-refractivity contribution in [1.29, 1.82) is 0 Å². The van der Waals surface area contributed by atoms with Crippen LogP contribution in [0.3, 0.4) is 0 Å². The normalized spacial score (nSPS) is 10.8. The third-order valence-corrected chi connectivity index (χ3v) is 6.34. The summed E-state index contributed by atoms with van der Waals surface area (Å²) in [6.45, 7) is 2.99. The Balaban J connectivity index is 1.51. The van der Waals surface area contributed by atoms with E-state index in [1.165, 1.54) is 17.8 Å². The number of benzene rings is 2. The average Bonchev–Trinajstić information content (AvgIpc) is 3.17. The molecule has 2 aromatic carbocycles. The lowest BCUT2D eigenvalue weighted by Crippen LogP contribution is -2.26. The molecule has 7 nitrogen and oxygen atoms in total. The van der Waals surface area contributed by atoms with E-state index in [9.17, 15) is 9.59 Å². The third-order valence-electron chi connectivity index (χ3n) is 4.39. The van der Waals surface area contributed by atoms with Crippen LogP contribution in [-0.4, -0.2) is 38.9 Å². The van der Waals surface area contributed by atoms with E-state index >= 15 is 0 Å². The van der Waals surface area contributed by atoms with Gasteiger partial charge in [-0.15, -0.1) is 10.2 Å². The fourth-order valence-corrected chi connectivity index (χ4v) is 4.06. The van der Waals surface area contributed by atoms with Crippen molar-refractivity contribution in [2.45, 2.75) is 25.0 Å². The van der Waals surface area contributed by atoms with Crippen molar-refractivity contribution in [1.82, 2.24) is 20.1 Å². The molecule has 1 heterocycles. The van der Waals surface area contributed by atoms with Crippen molar-refractivity contribution >= 4 is 64.1 Å². The van der Waals surface area contributed by atoms with Crippen molar-refractivity contribution in [3.05, 3.63) is 68.9 Å². The second-order valence-electron chi connectivity index (χ2n) is 6.62. The fourth-order valence-electron chi connectivity index (χ4n) is 2.82. The van der Waals surface area contributed by atoms with E-state index in [0.717, 1.165) is 5.82 Å². The van der Waals surface area contributed by atoms with E-state index in [4.69, 9.17) is 34.8 Å². The van der Waals surface area contributed by atoms with Crippen LogP contribution in [0.5, 0.6) is 0 Å². The second-order valence-corrected chi connectivity index (χ2v) is 8.81. The summed E-state index contributed by atoms with van der Waals surface area (Å²) in [6, 6.07) is 11.6. The van der Waals surface area contributed by atoms with Crippen LogP contribution in [0.4, 0.5) is 5.69 Å². The average molecular weight is 513 g/mol. The zero-order valence-electron chi connectivity index (χ0n) is 17.1. The Morgan fingerprint density at radius 2 is 1.78 bits per heavy atom. The van der Waals surface area contributed by atoms with Crippen LogP contribution in [0, 0.1) is 0 Å². The van der Waals surface area contributed by atoms with Gasteiger partial charge in [0.1, 0.15) is 5.82 Å². The van der Waals surface area contributed by atoms with Gasteiger partial charge in [0.05, 0.1) is 15.8 Å². The lowest BCUT2D eigenvalue weighted by Gasteiger charge is -2.09. The maximum Gasteiger partial charge on any atom is 0.251 e. The van der Waals surface area contributed by atoms with Crippen molar-refractivity contribution in [2.75, 3.05) is 17.6 Å². The predicted octanol–water partition coefficient (Wildman–Crippen LogP) is 4.96. The highest BCUT2D eigenvalue weighted by molar-refractivity contribution is 7.99. The van der Waals surface area contributed by atoms with Gasteiger partial charge >= 0.3 is 0 Å². The summed E-state index contributed by atoms with van der Waals surface area (Å²) in [5.74, 6) is 0.509. The van der Waals surface area contributed by atoms with Gasteiger partial charge in [-0.3, -0.25) is 9.59 Å². The van der Waals surface area contributed by atoms with Gasteiger partial charge in [0.25, 0.3) is 5.91 Å². The summed E-state index contributed by atoms with van der Waals surface area (Å²) >= 11 is 19.0. The van der Waals surface area contributed by atoms with E-state index in [1.54, 1.807) is 36.4 Å². The van der Waals surface area contributed by atoms with E-state index in [1.807, 2.05) is 11.5 Å². The maximum absolute atomic E-state index is 12.3. The standard InChI is InChI=1S/C21H20Cl3N5O2S/c1-2-29-18(9-10-25-20(31)13-3-8-16(23)17(24)11-13)27-28-21(29)32-12-19(30)26-15-6-4-14(22)5-7-15/h3-8,11H,2,9-10,12H2,1H3,(H,25,31)(H,26,30). The second kappa shape index (κ2) is 11.6. The van der Waals surface area contributed by atoms with Crippen molar-refractivity contribution in [2.24, 2.45) is 0 Å². The molecule has 2 amide bonds. The molecule has 168 valence electrons. The Labute approximate surface area is 204 Å². The number of hydrogen-bond acceptors (Lipinski definition) is 5. The molecule has 11 heteroatoms. The summed E-state index contributed by atoms with van der Waals surface area (Å²) in [7, 11) is 0. The number of nitrogens with one attached hydrogen (secondary N) is 2. The lowest BCUT2D eigenvalue weighted by molar-refractivity contribution is -0.113. The quantitative estimate of drug-likeness (QED) is 0.396. The summed E-state index contributed by atoms with van der Waals surface area (Å²) < 4.78 is 1.92. The van der Waals surface area contributed by atoms with Gasteiger partial charge in [-0.2, -0.15) is 0 Å². The van der Waals surface area contributed by atoms with Gasteiger partial charge in [-0.1, -0.05) is 46.6 Å². The zero-order chi connectivity index (χ0) is 23.1. The van der Waals surface area contributed by atoms with Crippen molar-refractivity contribution in [3.63, 3.8) is 0 Å². The first kappa shape index (κ1) is 24.4. The molecule has 2 N–H and O–H groups in total. The molecule has 1 aromatic heterocycles. The van der Waals surface area contributed by atoms with Crippen LogP contribution in [0.25, 0.3) is 0 Å². The molecule has 0 aliphatic rings. The molecule has 0 fully saturated rings. The number of carbonyl (C=O) groups is 2. The number of thioether (sulfide) groups is 1. The van der Waals surface area contributed by atoms with Crippen LogP contribution < -0.4 is 10.6 Å². The number of rotatable bonds is 9. The molecule has 0 unspecified atom stereocenters. The molecule has 32 heavy (non-hydrogen) atoms. The Hall–Kier alpha value is -2.26. The topological polar surface area (TPSA) is 88.9 Å². The van der Waals surface area contributed by atoms with Gasteiger partial charge in [0.15, 0.2) is 5.16 Å². The van der Waals surface area contributed by atoms with Crippen LogP contribution in [0.15, 0.2) is 47.6 Å². The third kappa shape index (κ3) is 6.62. The molecule has 0 atom stereocenters. The molecular formula is C21H20Cl3N5O2S. The highest BCUT2D eigenvalue weighted by Gasteiger charge is 2.14. The SMILES string of the molecule is CCn1c(CCNC(=O)c2ccc(Cl)c(Cl)c2)nnc1SCC(=O)Nc1ccc(Cl)cc1. The van der Waals surface area contributed by atoms with Gasteiger partial charge in [0.2, 0.25) is 5.91 Å². The number of anilines is 1. The Morgan fingerprint density at radius 1 is 1.03 bits per heavy atom. The first-order chi connectivity index (χ1) is 15.4. The first-order valence-corrected chi connectivity index (χ1v) is 11.8. The molecule has 3 rings (SSSR count). The zero-order valence-corrected chi connectivity index (χ0v) is 20.2. The van der Waals surface area contributed by atoms with E-state index in [0.29, 0.717) is 51.0 Å². The molecule has 0 spiro atoms. The summed E-state index contributed by atoms with van der Waals surface area (Å²) in [6.07, 6.45) is 0.492. The van der Waals surface area contributed by atoms with Crippen LogP contribution in [0.2, 0.25) is 15.1 Å². The van der Waals surface area contributed by atoms with Gasteiger partial charge < -0.3 is 15.2 Å². The first-order valence-electron chi connectivity index (χ1n) is 9.71. The monoisotopic (exact) mass is 511 g/mol. The molecule has 0 radical (unpaired) electrons. The van der Waals surface area contributed by atoms with Crippen LogP contribution in [-0.2, 0) is 17.8 Å². The number of nitrogens with zero attached hydrogens (tertiary/aromatic N) is 3. The molecule has 3 aromatic rings. The highest BCUT2D eigenvalue weighted by Crippen LogP contribution is 2.22. The molecule has 0 saturated carbocycles. The number of aromatic nitrogens is 3. The molecule has 0 aliphatic carbocycles. The number of carbonyl (C=O) groups excluding carboxylic acids is 2. The molecule has 0 aliphatic heterocycles. The Morgan fingerprint density at radius 3 is 2.47 bits per heavy atom. The predicted molar refractivity (Wildman–Crippen MR) is 129 cm³/mol. The van der Waals surface area contributed by atoms with E-state index in [-0.39, 0.29) is 17.6 Å². The molecule has 0 bridgehead atoms. The van der Waals surface area contributed by atoms with Crippen LogP contribution >= 0.6 is 46.6 Å². The van der Waals surface area contributed by atoms with Crippen LogP contribution in [0.1, 0.15) is 23.1 Å². The fraction of sp³-hybridized carbons (Fsp3) is 0.238.